The van der Waals surface area contributed by atoms with Gasteiger partial charge in [0.2, 0.25) is 5.91 Å². The van der Waals surface area contributed by atoms with E-state index in [1.165, 1.54) is 18.2 Å². The van der Waals surface area contributed by atoms with Gasteiger partial charge >= 0.3 is 5.97 Å². The van der Waals surface area contributed by atoms with E-state index in [0.717, 1.165) is 17.0 Å². The van der Waals surface area contributed by atoms with Crippen LogP contribution in [0.25, 0.3) is 0 Å². The highest BCUT2D eigenvalue weighted by Crippen LogP contribution is 2.22. The van der Waals surface area contributed by atoms with Crippen molar-refractivity contribution in [2.45, 2.75) is 19.8 Å². The van der Waals surface area contributed by atoms with Gasteiger partial charge in [0.15, 0.2) is 6.61 Å². The second kappa shape index (κ2) is 10.5. The Morgan fingerprint density at radius 2 is 1.84 bits per heavy atom. The van der Waals surface area contributed by atoms with Crippen LogP contribution in [-0.4, -0.2) is 41.9 Å². The number of hydrogen-bond acceptors (Lipinski definition) is 5. The summed E-state index contributed by atoms with van der Waals surface area (Å²) in [6.07, 6.45) is 0.740. The first kappa shape index (κ1) is 23.6. The zero-order valence-electron chi connectivity index (χ0n) is 17.2. The highest BCUT2D eigenvalue weighted by atomic mass is 35.5. The topological polar surface area (TPSA) is 105 Å². The molecule has 1 saturated heterocycles. The van der Waals surface area contributed by atoms with Crippen molar-refractivity contribution in [3.8, 4) is 0 Å². The molecule has 1 heterocycles. The van der Waals surface area contributed by atoms with Crippen LogP contribution >= 0.6 is 23.2 Å². The quantitative estimate of drug-likeness (QED) is 0.595. The second-order valence-electron chi connectivity index (χ2n) is 7.18. The van der Waals surface area contributed by atoms with Gasteiger partial charge in [0.05, 0.1) is 23.0 Å². The number of esters is 1. The van der Waals surface area contributed by atoms with E-state index in [0.29, 0.717) is 10.7 Å². The van der Waals surface area contributed by atoms with E-state index in [4.69, 9.17) is 27.9 Å². The van der Waals surface area contributed by atoms with Crippen LogP contribution in [0, 0.1) is 5.92 Å². The molecule has 0 aliphatic carbocycles. The number of rotatable bonds is 7. The van der Waals surface area contributed by atoms with Crippen molar-refractivity contribution < 1.29 is 23.9 Å². The molecule has 8 nitrogen and oxygen atoms in total. The molecule has 10 heteroatoms. The third-order valence-corrected chi connectivity index (χ3v) is 5.41. The van der Waals surface area contributed by atoms with Gasteiger partial charge in [-0.05, 0) is 42.3 Å². The number of carbonyl (C=O) groups excluding carboxylic acids is 4. The molecule has 0 spiro atoms. The molecular weight excluding hydrogens is 457 g/mol. The lowest BCUT2D eigenvalue weighted by molar-refractivity contribution is -0.151. The molecule has 0 aromatic heterocycles. The third-order valence-electron chi connectivity index (χ3n) is 4.86. The lowest BCUT2D eigenvalue weighted by atomic mass is 10.1. The van der Waals surface area contributed by atoms with E-state index in [1.54, 1.807) is 12.1 Å². The monoisotopic (exact) mass is 477 g/mol. The van der Waals surface area contributed by atoms with Gasteiger partial charge in [0.1, 0.15) is 0 Å². The number of anilines is 1. The van der Waals surface area contributed by atoms with Crippen LogP contribution in [0.4, 0.5) is 5.69 Å². The number of ether oxygens (including phenoxy) is 1. The normalized spacial score (nSPS) is 15.4. The summed E-state index contributed by atoms with van der Waals surface area (Å²) in [6.45, 7) is 1.47. The fourth-order valence-corrected chi connectivity index (χ4v) is 3.60. The van der Waals surface area contributed by atoms with Crippen LogP contribution in [0.15, 0.2) is 42.5 Å². The number of nitrogens with zero attached hydrogens (tertiary/aromatic N) is 1. The Morgan fingerprint density at radius 3 is 2.50 bits per heavy atom. The van der Waals surface area contributed by atoms with Gasteiger partial charge in [-0.25, -0.2) is 0 Å². The van der Waals surface area contributed by atoms with Gasteiger partial charge in [-0.3, -0.25) is 29.6 Å². The van der Waals surface area contributed by atoms with E-state index in [1.807, 2.05) is 19.1 Å². The molecule has 2 aromatic rings. The maximum absolute atomic E-state index is 12.4. The third kappa shape index (κ3) is 5.99. The Morgan fingerprint density at radius 1 is 1.12 bits per heavy atom. The van der Waals surface area contributed by atoms with Gasteiger partial charge in [-0.2, -0.15) is 0 Å². The van der Waals surface area contributed by atoms with Crippen molar-refractivity contribution in [1.82, 2.24) is 10.4 Å². The first-order chi connectivity index (χ1) is 15.3. The van der Waals surface area contributed by atoms with Gasteiger partial charge in [0, 0.05) is 17.1 Å². The number of hydrazine groups is 1. The summed E-state index contributed by atoms with van der Waals surface area (Å²) in [5.74, 6) is -3.06. The SMILES string of the molecule is CCc1ccc(NC(=O)COC(=O)[C@H]2CC(=O)N(NC(=O)c3ccc(Cl)cc3Cl)C2)cc1. The van der Waals surface area contributed by atoms with E-state index in [2.05, 4.69) is 10.7 Å². The molecule has 3 amide bonds. The van der Waals surface area contributed by atoms with Crippen molar-refractivity contribution in [3.63, 3.8) is 0 Å². The summed E-state index contributed by atoms with van der Waals surface area (Å²) in [5, 5.41) is 4.18. The molecular formula is C22H21Cl2N3O5. The van der Waals surface area contributed by atoms with Crippen molar-refractivity contribution in [1.29, 1.82) is 0 Å². The standard InChI is InChI=1S/C22H21Cl2N3O5/c1-2-13-3-6-16(7-4-13)25-19(28)12-32-22(31)14-9-20(29)27(11-14)26-21(30)17-8-5-15(23)10-18(17)24/h3-8,10,14H,2,9,11-12H2,1H3,(H,25,28)(H,26,30)/t14-/m0/s1. The molecule has 1 fully saturated rings. The summed E-state index contributed by atoms with van der Waals surface area (Å²) in [4.78, 5) is 48.9. The van der Waals surface area contributed by atoms with Gasteiger partial charge in [-0.1, -0.05) is 42.3 Å². The first-order valence-electron chi connectivity index (χ1n) is 9.88. The summed E-state index contributed by atoms with van der Waals surface area (Å²) in [5.41, 5.74) is 4.29. The Hall–Kier alpha value is -3.10. The molecule has 2 aromatic carbocycles. The lowest BCUT2D eigenvalue weighted by Gasteiger charge is -2.18. The lowest BCUT2D eigenvalue weighted by Crippen LogP contribution is -2.43. The molecule has 32 heavy (non-hydrogen) atoms. The van der Waals surface area contributed by atoms with Gasteiger partial charge in [0.25, 0.3) is 11.8 Å². The smallest absolute Gasteiger partial charge is 0.311 e. The van der Waals surface area contributed by atoms with Gasteiger partial charge in [-0.15, -0.1) is 0 Å². The molecule has 168 valence electrons. The van der Waals surface area contributed by atoms with Crippen LogP contribution < -0.4 is 10.7 Å². The van der Waals surface area contributed by atoms with Crippen molar-refractivity contribution >= 4 is 52.6 Å². The number of nitrogens with one attached hydrogen (secondary N) is 2. The molecule has 0 unspecified atom stereocenters. The Bertz CT molecular complexity index is 1040. The van der Waals surface area contributed by atoms with Gasteiger partial charge < -0.3 is 10.1 Å². The van der Waals surface area contributed by atoms with Crippen molar-refractivity contribution in [3.05, 3.63) is 63.6 Å². The first-order valence-corrected chi connectivity index (χ1v) is 10.6. The fraction of sp³-hybridized carbons (Fsp3) is 0.273. The number of aryl methyl sites for hydroxylation is 1. The summed E-state index contributed by atoms with van der Waals surface area (Å²) in [6, 6.07) is 11.7. The molecule has 0 radical (unpaired) electrons. The van der Waals surface area contributed by atoms with Crippen LogP contribution in [0.1, 0.15) is 29.3 Å². The molecule has 2 N–H and O–H groups in total. The molecule has 3 rings (SSSR count). The van der Waals surface area contributed by atoms with E-state index in [9.17, 15) is 19.2 Å². The fourth-order valence-electron chi connectivity index (χ4n) is 3.11. The highest BCUT2D eigenvalue weighted by Gasteiger charge is 2.37. The van der Waals surface area contributed by atoms with E-state index in [-0.39, 0.29) is 23.6 Å². The van der Waals surface area contributed by atoms with Crippen LogP contribution in [0.5, 0.6) is 0 Å². The average molecular weight is 478 g/mol. The van der Waals surface area contributed by atoms with Crippen LogP contribution in [0.2, 0.25) is 10.0 Å². The number of amides is 3. The molecule has 1 aliphatic rings. The molecule has 1 atom stereocenters. The summed E-state index contributed by atoms with van der Waals surface area (Å²) >= 11 is 11.8. The predicted molar refractivity (Wildman–Crippen MR) is 119 cm³/mol. The van der Waals surface area contributed by atoms with E-state index < -0.39 is 36.2 Å². The zero-order chi connectivity index (χ0) is 23.3. The zero-order valence-corrected chi connectivity index (χ0v) is 18.7. The number of carbonyl (C=O) groups is 4. The largest absolute Gasteiger partial charge is 0.455 e. The molecule has 0 bridgehead atoms. The van der Waals surface area contributed by atoms with E-state index >= 15 is 0 Å². The maximum Gasteiger partial charge on any atom is 0.311 e. The maximum atomic E-state index is 12.4. The number of benzene rings is 2. The minimum Gasteiger partial charge on any atom is -0.455 e. The minimum atomic E-state index is -0.805. The van der Waals surface area contributed by atoms with Crippen LogP contribution in [0.3, 0.4) is 0 Å². The Labute approximate surface area is 194 Å². The van der Waals surface area contributed by atoms with Crippen molar-refractivity contribution in [2.75, 3.05) is 18.5 Å². The summed E-state index contributed by atoms with van der Waals surface area (Å²) < 4.78 is 5.05. The Kier molecular flexibility index (Phi) is 7.71. The predicted octanol–water partition coefficient (Wildman–Crippen LogP) is 3.23. The number of hydrogen-bond donors (Lipinski definition) is 2. The molecule has 1 aliphatic heterocycles. The molecule has 0 saturated carbocycles. The highest BCUT2D eigenvalue weighted by molar-refractivity contribution is 6.36. The number of halogens is 2. The Balaban J connectivity index is 1.48. The summed E-state index contributed by atoms with van der Waals surface area (Å²) in [7, 11) is 0. The minimum absolute atomic E-state index is 0.0747. The second-order valence-corrected chi connectivity index (χ2v) is 8.02. The average Bonchev–Trinajstić information content (AvgIpc) is 3.12. The van der Waals surface area contributed by atoms with Crippen molar-refractivity contribution in [2.24, 2.45) is 5.92 Å². The van der Waals surface area contributed by atoms with Crippen LogP contribution in [-0.2, 0) is 25.5 Å².